The summed E-state index contributed by atoms with van der Waals surface area (Å²) in [5.74, 6) is 1.20. The summed E-state index contributed by atoms with van der Waals surface area (Å²) in [5, 5.41) is 0. The van der Waals surface area contributed by atoms with Crippen molar-refractivity contribution < 1.29 is 0 Å². The predicted molar refractivity (Wildman–Crippen MR) is 78.2 cm³/mol. The Morgan fingerprint density at radius 3 is 1.94 bits per heavy atom. The molecule has 0 radical (unpaired) electrons. The SMILES string of the molecule is CCN(CC)c1ccc(C(C)C)cc1C(C)C. The molecule has 0 spiro atoms. The maximum absolute atomic E-state index is 2.44. The lowest BCUT2D eigenvalue weighted by Gasteiger charge is -2.26. The first-order valence-corrected chi connectivity index (χ1v) is 6.90. The van der Waals surface area contributed by atoms with Gasteiger partial charge in [0.15, 0.2) is 0 Å². The van der Waals surface area contributed by atoms with Crippen molar-refractivity contribution in [3.05, 3.63) is 29.3 Å². The van der Waals surface area contributed by atoms with E-state index in [0.717, 1.165) is 13.1 Å². The molecule has 0 N–H and O–H groups in total. The van der Waals surface area contributed by atoms with Crippen LogP contribution in [0.3, 0.4) is 0 Å². The van der Waals surface area contributed by atoms with Gasteiger partial charge in [-0.3, -0.25) is 0 Å². The summed E-state index contributed by atoms with van der Waals surface area (Å²) in [6.45, 7) is 15.7. The van der Waals surface area contributed by atoms with Crippen molar-refractivity contribution in [2.75, 3.05) is 18.0 Å². The van der Waals surface area contributed by atoms with Gasteiger partial charge in [-0.25, -0.2) is 0 Å². The van der Waals surface area contributed by atoms with Gasteiger partial charge in [0.1, 0.15) is 0 Å². The molecular weight excluding hydrogens is 206 g/mol. The van der Waals surface area contributed by atoms with Crippen molar-refractivity contribution in [3.8, 4) is 0 Å². The van der Waals surface area contributed by atoms with Gasteiger partial charge in [-0.1, -0.05) is 39.8 Å². The van der Waals surface area contributed by atoms with Crippen molar-refractivity contribution in [3.63, 3.8) is 0 Å². The Morgan fingerprint density at radius 1 is 0.941 bits per heavy atom. The zero-order valence-electron chi connectivity index (χ0n) is 12.2. The zero-order valence-corrected chi connectivity index (χ0v) is 12.2. The minimum Gasteiger partial charge on any atom is -0.372 e. The van der Waals surface area contributed by atoms with Gasteiger partial charge in [0.05, 0.1) is 0 Å². The molecule has 0 unspecified atom stereocenters. The van der Waals surface area contributed by atoms with E-state index in [2.05, 4.69) is 64.6 Å². The third kappa shape index (κ3) is 3.24. The normalized spacial score (nSPS) is 11.3. The Kier molecular flexibility index (Phi) is 5.04. The Bertz CT molecular complexity index is 349. The van der Waals surface area contributed by atoms with Crippen molar-refractivity contribution in [2.24, 2.45) is 0 Å². The minimum absolute atomic E-state index is 0.587. The van der Waals surface area contributed by atoms with Gasteiger partial charge >= 0.3 is 0 Å². The van der Waals surface area contributed by atoms with Crippen molar-refractivity contribution in [1.82, 2.24) is 0 Å². The van der Waals surface area contributed by atoms with Gasteiger partial charge in [-0.2, -0.15) is 0 Å². The molecule has 1 heteroatoms. The van der Waals surface area contributed by atoms with Crippen LogP contribution in [0.5, 0.6) is 0 Å². The maximum Gasteiger partial charge on any atom is 0.0401 e. The maximum atomic E-state index is 2.44. The number of hydrogen-bond donors (Lipinski definition) is 0. The largest absolute Gasteiger partial charge is 0.372 e. The monoisotopic (exact) mass is 233 g/mol. The Morgan fingerprint density at radius 2 is 1.53 bits per heavy atom. The highest BCUT2D eigenvalue weighted by molar-refractivity contribution is 5.56. The van der Waals surface area contributed by atoms with Gasteiger partial charge in [-0.05, 0) is 42.9 Å². The molecule has 0 heterocycles. The van der Waals surface area contributed by atoms with E-state index in [9.17, 15) is 0 Å². The van der Waals surface area contributed by atoms with E-state index in [1.807, 2.05) is 0 Å². The van der Waals surface area contributed by atoms with Crippen LogP contribution in [-0.4, -0.2) is 13.1 Å². The standard InChI is InChI=1S/C16H27N/c1-7-17(8-2)16-10-9-14(12(3)4)11-15(16)13(5)6/h9-13H,7-8H2,1-6H3. The van der Waals surface area contributed by atoms with Crippen LogP contribution in [0, 0.1) is 0 Å². The molecule has 1 aromatic carbocycles. The van der Waals surface area contributed by atoms with Gasteiger partial charge < -0.3 is 4.90 Å². The molecule has 0 bridgehead atoms. The number of rotatable bonds is 5. The molecule has 0 aliphatic rings. The van der Waals surface area contributed by atoms with E-state index < -0.39 is 0 Å². The van der Waals surface area contributed by atoms with Crippen molar-refractivity contribution in [2.45, 2.75) is 53.4 Å². The number of benzene rings is 1. The number of anilines is 1. The fourth-order valence-electron chi connectivity index (χ4n) is 2.25. The number of nitrogens with zero attached hydrogens (tertiary/aromatic N) is 1. The van der Waals surface area contributed by atoms with Crippen LogP contribution >= 0.6 is 0 Å². The van der Waals surface area contributed by atoms with Crippen LogP contribution in [0.1, 0.15) is 64.5 Å². The Labute approximate surface area is 107 Å². The van der Waals surface area contributed by atoms with Crippen molar-refractivity contribution in [1.29, 1.82) is 0 Å². The van der Waals surface area contributed by atoms with E-state index in [1.54, 1.807) is 0 Å². The first-order chi connectivity index (χ1) is 8.01. The topological polar surface area (TPSA) is 3.24 Å². The highest BCUT2D eigenvalue weighted by atomic mass is 15.1. The molecule has 0 aliphatic heterocycles. The minimum atomic E-state index is 0.587. The van der Waals surface area contributed by atoms with Crippen LogP contribution in [0.2, 0.25) is 0 Å². The Balaban J connectivity index is 3.21. The molecule has 1 aromatic rings. The smallest absolute Gasteiger partial charge is 0.0401 e. The highest BCUT2D eigenvalue weighted by Gasteiger charge is 2.12. The average Bonchev–Trinajstić information content (AvgIpc) is 2.30. The van der Waals surface area contributed by atoms with E-state index in [4.69, 9.17) is 0 Å². The highest BCUT2D eigenvalue weighted by Crippen LogP contribution is 2.30. The summed E-state index contributed by atoms with van der Waals surface area (Å²) >= 11 is 0. The van der Waals surface area contributed by atoms with E-state index >= 15 is 0 Å². The molecule has 1 rings (SSSR count). The fourth-order valence-corrected chi connectivity index (χ4v) is 2.25. The second kappa shape index (κ2) is 6.09. The quantitative estimate of drug-likeness (QED) is 0.707. The third-order valence-electron chi connectivity index (χ3n) is 3.44. The van der Waals surface area contributed by atoms with Crippen molar-refractivity contribution >= 4 is 5.69 Å². The summed E-state index contributed by atoms with van der Waals surface area (Å²) in [5.41, 5.74) is 4.35. The molecular formula is C16H27N. The molecule has 0 aliphatic carbocycles. The van der Waals surface area contributed by atoms with Crippen LogP contribution < -0.4 is 4.90 Å². The lowest BCUT2D eigenvalue weighted by molar-refractivity contribution is 0.803. The van der Waals surface area contributed by atoms with Gasteiger partial charge in [0.25, 0.3) is 0 Å². The van der Waals surface area contributed by atoms with E-state index in [-0.39, 0.29) is 0 Å². The van der Waals surface area contributed by atoms with Gasteiger partial charge in [0, 0.05) is 18.8 Å². The fraction of sp³-hybridized carbons (Fsp3) is 0.625. The summed E-state index contributed by atoms with van der Waals surface area (Å²) in [4.78, 5) is 2.44. The lowest BCUT2D eigenvalue weighted by atomic mass is 9.93. The molecule has 17 heavy (non-hydrogen) atoms. The predicted octanol–water partition coefficient (Wildman–Crippen LogP) is 4.78. The first-order valence-electron chi connectivity index (χ1n) is 6.90. The van der Waals surface area contributed by atoms with Gasteiger partial charge in [0.2, 0.25) is 0 Å². The van der Waals surface area contributed by atoms with E-state index in [1.165, 1.54) is 16.8 Å². The molecule has 0 fully saturated rings. The van der Waals surface area contributed by atoms with Crippen LogP contribution in [-0.2, 0) is 0 Å². The summed E-state index contributed by atoms with van der Waals surface area (Å²) in [6.07, 6.45) is 0. The molecule has 0 saturated carbocycles. The van der Waals surface area contributed by atoms with E-state index in [0.29, 0.717) is 11.8 Å². The number of hydrogen-bond acceptors (Lipinski definition) is 1. The van der Waals surface area contributed by atoms with Gasteiger partial charge in [-0.15, -0.1) is 0 Å². The van der Waals surface area contributed by atoms with Crippen LogP contribution in [0.4, 0.5) is 5.69 Å². The molecule has 0 amide bonds. The first kappa shape index (κ1) is 14.1. The second-order valence-corrected chi connectivity index (χ2v) is 5.30. The summed E-state index contributed by atoms with van der Waals surface area (Å²) in [6, 6.07) is 6.98. The molecule has 1 nitrogen and oxygen atoms in total. The van der Waals surface area contributed by atoms with Crippen LogP contribution in [0.15, 0.2) is 18.2 Å². The molecule has 96 valence electrons. The zero-order chi connectivity index (χ0) is 13.0. The summed E-state index contributed by atoms with van der Waals surface area (Å²) in [7, 11) is 0. The Hall–Kier alpha value is -0.980. The summed E-state index contributed by atoms with van der Waals surface area (Å²) < 4.78 is 0. The lowest BCUT2D eigenvalue weighted by Crippen LogP contribution is -2.23. The molecule has 0 aromatic heterocycles. The average molecular weight is 233 g/mol. The third-order valence-corrected chi connectivity index (χ3v) is 3.44. The molecule has 0 saturated heterocycles. The second-order valence-electron chi connectivity index (χ2n) is 5.30. The molecule has 0 atom stereocenters. The van der Waals surface area contributed by atoms with Crippen LogP contribution in [0.25, 0.3) is 0 Å².